The van der Waals surface area contributed by atoms with Crippen LogP contribution in [0.1, 0.15) is 5.82 Å². The number of methoxy groups -OCH3 is 2. The molecule has 0 aliphatic rings. The van der Waals surface area contributed by atoms with Crippen LogP contribution in [0, 0.1) is 0 Å². The highest BCUT2D eigenvalue weighted by Crippen LogP contribution is 2.35. The van der Waals surface area contributed by atoms with Gasteiger partial charge in [0.05, 0.1) is 19.9 Å². The molecule has 0 saturated heterocycles. The molecule has 1 aromatic carbocycles. The minimum absolute atomic E-state index is 0.538. The molecule has 3 aromatic rings. The molecule has 0 amide bonds. The molecule has 2 heterocycles. The van der Waals surface area contributed by atoms with E-state index in [0.29, 0.717) is 13.0 Å². The molecule has 2 aromatic heterocycles. The summed E-state index contributed by atoms with van der Waals surface area (Å²) in [7, 11) is 3.28. The highest BCUT2D eigenvalue weighted by molar-refractivity contribution is 7.15. The number of hydrogen-bond donors (Lipinski definition) is 1. The molecule has 2 N–H and O–H groups in total. The highest BCUT2D eigenvalue weighted by atomic mass is 32.1. The van der Waals surface area contributed by atoms with E-state index in [4.69, 9.17) is 15.2 Å². The van der Waals surface area contributed by atoms with Gasteiger partial charge < -0.3 is 15.2 Å². The van der Waals surface area contributed by atoms with E-state index in [2.05, 4.69) is 10.2 Å². The van der Waals surface area contributed by atoms with Gasteiger partial charge in [-0.25, -0.2) is 0 Å². The Kier molecular flexibility index (Phi) is 3.76. The van der Waals surface area contributed by atoms with Gasteiger partial charge in [-0.15, -0.1) is 21.5 Å². The number of benzene rings is 1. The predicted octanol–water partition coefficient (Wildman–Crippen LogP) is 1.98. The monoisotopic (exact) mass is 304 g/mol. The molecule has 3 rings (SSSR count). The van der Waals surface area contributed by atoms with Crippen LogP contribution in [0.2, 0.25) is 0 Å². The lowest BCUT2D eigenvalue weighted by Gasteiger charge is -2.10. The van der Waals surface area contributed by atoms with Crippen LogP contribution < -0.4 is 15.2 Å². The van der Waals surface area contributed by atoms with Crippen molar-refractivity contribution in [3.05, 3.63) is 29.4 Å². The first-order valence-corrected chi connectivity index (χ1v) is 7.40. The average molecular weight is 304 g/mol. The Labute approximate surface area is 126 Å². The third-order valence-electron chi connectivity index (χ3n) is 3.27. The molecule has 0 fully saturated rings. The fraction of sp³-hybridized carbons (Fsp3) is 0.286. The van der Waals surface area contributed by atoms with Crippen LogP contribution in [0.25, 0.3) is 16.2 Å². The van der Waals surface area contributed by atoms with Crippen molar-refractivity contribution in [2.24, 2.45) is 5.73 Å². The molecule has 7 heteroatoms. The maximum Gasteiger partial charge on any atom is 0.216 e. The summed E-state index contributed by atoms with van der Waals surface area (Å²) in [4.78, 5) is 0.853. The van der Waals surface area contributed by atoms with E-state index in [1.165, 1.54) is 0 Å². The van der Waals surface area contributed by atoms with Crippen molar-refractivity contribution in [2.45, 2.75) is 6.42 Å². The Balaban J connectivity index is 2.18. The lowest BCUT2D eigenvalue weighted by atomic mass is 10.1. The first-order chi connectivity index (χ1) is 10.3. The van der Waals surface area contributed by atoms with Crippen molar-refractivity contribution < 1.29 is 9.47 Å². The summed E-state index contributed by atoms with van der Waals surface area (Å²) in [5.41, 5.74) is 7.62. The summed E-state index contributed by atoms with van der Waals surface area (Å²) in [6.45, 7) is 0.538. The standard InChI is InChI=1S/C14H16N4O2S/c1-19-9-3-4-10(12(7-9)20-2)11-8-21-14-17-16-13(5-6-15)18(11)14/h3-4,7-8H,5-6,15H2,1-2H3. The number of rotatable bonds is 5. The minimum atomic E-state index is 0.538. The van der Waals surface area contributed by atoms with Crippen molar-refractivity contribution in [2.75, 3.05) is 20.8 Å². The number of aromatic nitrogens is 3. The van der Waals surface area contributed by atoms with Gasteiger partial charge in [0, 0.05) is 23.4 Å². The smallest absolute Gasteiger partial charge is 0.216 e. The molecular weight excluding hydrogens is 288 g/mol. The Morgan fingerprint density at radius 1 is 1.24 bits per heavy atom. The lowest BCUT2D eigenvalue weighted by Crippen LogP contribution is -2.06. The van der Waals surface area contributed by atoms with Gasteiger partial charge in [-0.05, 0) is 18.7 Å². The van der Waals surface area contributed by atoms with E-state index in [1.54, 1.807) is 25.6 Å². The maximum absolute atomic E-state index is 5.64. The second kappa shape index (κ2) is 5.71. The molecule has 0 aliphatic carbocycles. The molecule has 0 saturated carbocycles. The third-order valence-corrected chi connectivity index (χ3v) is 4.09. The summed E-state index contributed by atoms with van der Waals surface area (Å²) in [6.07, 6.45) is 0.684. The largest absolute Gasteiger partial charge is 0.497 e. The topological polar surface area (TPSA) is 74.7 Å². The van der Waals surface area contributed by atoms with Crippen LogP contribution in [0.5, 0.6) is 11.5 Å². The number of nitrogens with two attached hydrogens (primary N) is 1. The summed E-state index contributed by atoms with van der Waals surface area (Å²) >= 11 is 1.55. The van der Waals surface area contributed by atoms with E-state index in [0.717, 1.165) is 33.5 Å². The summed E-state index contributed by atoms with van der Waals surface area (Å²) in [6, 6.07) is 5.76. The maximum atomic E-state index is 5.64. The van der Waals surface area contributed by atoms with Gasteiger partial charge in [0.25, 0.3) is 0 Å². The van der Waals surface area contributed by atoms with Gasteiger partial charge in [-0.1, -0.05) is 0 Å². The molecule has 21 heavy (non-hydrogen) atoms. The van der Waals surface area contributed by atoms with Crippen molar-refractivity contribution in [3.63, 3.8) is 0 Å². The molecule has 0 spiro atoms. The molecule has 0 bridgehead atoms. The zero-order valence-corrected chi connectivity index (χ0v) is 12.7. The molecule has 110 valence electrons. The summed E-state index contributed by atoms with van der Waals surface area (Å²) < 4.78 is 12.8. The quantitative estimate of drug-likeness (QED) is 0.780. The Bertz CT molecular complexity index is 766. The molecular formula is C14H16N4O2S. The Morgan fingerprint density at radius 3 is 2.81 bits per heavy atom. The number of hydrogen-bond acceptors (Lipinski definition) is 6. The first-order valence-electron chi connectivity index (χ1n) is 6.52. The van der Waals surface area contributed by atoms with Crippen LogP contribution >= 0.6 is 11.3 Å². The number of fused-ring (bicyclic) bond motifs is 1. The predicted molar refractivity (Wildman–Crippen MR) is 82.2 cm³/mol. The van der Waals surface area contributed by atoms with Crippen LogP contribution in [0.3, 0.4) is 0 Å². The van der Waals surface area contributed by atoms with Crippen LogP contribution in [0.4, 0.5) is 0 Å². The van der Waals surface area contributed by atoms with Gasteiger partial charge in [-0.3, -0.25) is 4.40 Å². The number of thiazole rings is 1. The molecule has 0 radical (unpaired) electrons. The fourth-order valence-corrected chi connectivity index (χ4v) is 3.11. The third kappa shape index (κ3) is 2.34. The van der Waals surface area contributed by atoms with Crippen molar-refractivity contribution in [1.82, 2.24) is 14.6 Å². The second-order valence-electron chi connectivity index (χ2n) is 4.46. The van der Waals surface area contributed by atoms with Crippen LogP contribution in [0.15, 0.2) is 23.6 Å². The van der Waals surface area contributed by atoms with Crippen molar-refractivity contribution >= 4 is 16.3 Å². The zero-order valence-electron chi connectivity index (χ0n) is 11.9. The SMILES string of the molecule is COc1ccc(-c2csc3nnc(CCN)n23)c(OC)c1. The number of nitrogens with zero attached hydrogens (tertiary/aromatic N) is 3. The summed E-state index contributed by atoms with van der Waals surface area (Å²) in [5, 5.41) is 10.4. The van der Waals surface area contributed by atoms with Gasteiger partial charge in [0.15, 0.2) is 0 Å². The van der Waals surface area contributed by atoms with Crippen molar-refractivity contribution in [3.8, 4) is 22.8 Å². The van der Waals surface area contributed by atoms with Crippen molar-refractivity contribution in [1.29, 1.82) is 0 Å². The van der Waals surface area contributed by atoms with Gasteiger partial charge in [0.2, 0.25) is 4.96 Å². The second-order valence-corrected chi connectivity index (χ2v) is 5.30. The lowest BCUT2D eigenvalue weighted by molar-refractivity contribution is 0.395. The fourth-order valence-electron chi connectivity index (χ4n) is 2.26. The van der Waals surface area contributed by atoms with Gasteiger partial charge in [0.1, 0.15) is 17.3 Å². The van der Waals surface area contributed by atoms with Crippen LogP contribution in [-0.2, 0) is 6.42 Å². The first kappa shape index (κ1) is 13.8. The molecule has 0 atom stereocenters. The molecule has 0 aliphatic heterocycles. The van der Waals surface area contributed by atoms with Gasteiger partial charge >= 0.3 is 0 Å². The normalized spacial score (nSPS) is 11.0. The van der Waals surface area contributed by atoms with E-state index in [-0.39, 0.29) is 0 Å². The van der Waals surface area contributed by atoms with E-state index >= 15 is 0 Å². The van der Waals surface area contributed by atoms with E-state index < -0.39 is 0 Å². The van der Waals surface area contributed by atoms with Crippen LogP contribution in [-0.4, -0.2) is 35.4 Å². The zero-order chi connectivity index (χ0) is 14.8. The van der Waals surface area contributed by atoms with E-state index in [9.17, 15) is 0 Å². The highest BCUT2D eigenvalue weighted by Gasteiger charge is 2.16. The van der Waals surface area contributed by atoms with Gasteiger partial charge in [-0.2, -0.15) is 0 Å². The summed E-state index contributed by atoms with van der Waals surface area (Å²) in [5.74, 6) is 2.37. The molecule has 0 unspecified atom stereocenters. The molecule has 6 nitrogen and oxygen atoms in total. The minimum Gasteiger partial charge on any atom is -0.497 e. The Hall–Kier alpha value is -2.12. The Morgan fingerprint density at radius 2 is 2.10 bits per heavy atom. The average Bonchev–Trinajstić information content (AvgIpc) is 3.10. The van der Waals surface area contributed by atoms with E-state index in [1.807, 2.05) is 28.0 Å². The number of ether oxygens (including phenoxy) is 2.